The van der Waals surface area contributed by atoms with Crippen LogP contribution in [0.5, 0.6) is 17.2 Å². The van der Waals surface area contributed by atoms with Crippen molar-refractivity contribution < 1.29 is 19.0 Å². The van der Waals surface area contributed by atoms with E-state index < -0.39 is 0 Å². The molecule has 0 saturated carbocycles. The first kappa shape index (κ1) is 20.6. The van der Waals surface area contributed by atoms with Crippen LogP contribution in [0.3, 0.4) is 0 Å². The molecule has 27 heavy (non-hydrogen) atoms. The number of amides is 1. The molecule has 0 bridgehead atoms. The number of ether oxygens (including phenoxy) is 3. The molecular weight excluding hydrogens is 344 g/mol. The van der Waals surface area contributed by atoms with Gasteiger partial charge in [0.05, 0.1) is 13.7 Å². The Hall–Kier alpha value is -2.73. The molecule has 6 heteroatoms. The number of rotatable bonds is 10. The predicted molar refractivity (Wildman–Crippen MR) is 107 cm³/mol. The van der Waals surface area contributed by atoms with E-state index in [-0.39, 0.29) is 12.5 Å². The van der Waals surface area contributed by atoms with Crippen LogP contribution in [0.2, 0.25) is 0 Å². The van der Waals surface area contributed by atoms with Crippen molar-refractivity contribution in [3.8, 4) is 17.2 Å². The number of carbonyl (C=O) groups is 1. The highest BCUT2D eigenvalue weighted by Crippen LogP contribution is 2.28. The lowest BCUT2D eigenvalue weighted by Gasteiger charge is -2.13. The van der Waals surface area contributed by atoms with Crippen molar-refractivity contribution in [3.05, 3.63) is 48.0 Å². The van der Waals surface area contributed by atoms with Crippen LogP contribution in [0.25, 0.3) is 0 Å². The van der Waals surface area contributed by atoms with E-state index in [2.05, 4.69) is 24.5 Å². The highest BCUT2D eigenvalue weighted by molar-refractivity contribution is 5.91. The zero-order chi connectivity index (χ0) is 19.6. The van der Waals surface area contributed by atoms with E-state index in [1.54, 1.807) is 19.2 Å². The van der Waals surface area contributed by atoms with E-state index in [4.69, 9.17) is 14.2 Å². The Morgan fingerprint density at radius 1 is 1.04 bits per heavy atom. The zero-order valence-electron chi connectivity index (χ0n) is 16.4. The molecule has 0 saturated heterocycles. The average Bonchev–Trinajstić information content (AvgIpc) is 2.66. The highest BCUT2D eigenvalue weighted by atomic mass is 16.5. The Labute approximate surface area is 160 Å². The van der Waals surface area contributed by atoms with E-state index in [0.29, 0.717) is 29.8 Å². The van der Waals surface area contributed by atoms with Crippen LogP contribution in [0.15, 0.2) is 42.5 Å². The van der Waals surface area contributed by atoms with Crippen molar-refractivity contribution in [1.82, 2.24) is 5.32 Å². The van der Waals surface area contributed by atoms with Gasteiger partial charge in [-0.1, -0.05) is 19.9 Å². The number of hydrogen-bond donors (Lipinski definition) is 2. The quantitative estimate of drug-likeness (QED) is 0.667. The van der Waals surface area contributed by atoms with Gasteiger partial charge in [0.15, 0.2) is 18.1 Å². The van der Waals surface area contributed by atoms with E-state index in [0.717, 1.165) is 17.9 Å². The Kier molecular flexibility index (Phi) is 7.95. The molecule has 1 amide bonds. The first-order chi connectivity index (χ1) is 13.0. The van der Waals surface area contributed by atoms with Crippen LogP contribution < -0.4 is 24.8 Å². The van der Waals surface area contributed by atoms with Gasteiger partial charge in [-0.25, -0.2) is 0 Å². The molecule has 0 aliphatic carbocycles. The number of anilines is 1. The molecule has 0 unspecified atom stereocenters. The summed E-state index contributed by atoms with van der Waals surface area (Å²) in [5.74, 6) is 1.66. The molecule has 0 atom stereocenters. The number of hydrogen-bond acceptors (Lipinski definition) is 5. The molecule has 0 spiro atoms. The summed E-state index contributed by atoms with van der Waals surface area (Å²) in [4.78, 5) is 12.1. The Balaban J connectivity index is 1.89. The molecule has 0 fully saturated rings. The minimum Gasteiger partial charge on any atom is -0.494 e. The Morgan fingerprint density at radius 2 is 1.78 bits per heavy atom. The lowest BCUT2D eigenvalue weighted by Crippen LogP contribution is -2.22. The molecule has 0 aromatic heterocycles. The fourth-order valence-corrected chi connectivity index (χ4v) is 2.40. The average molecular weight is 372 g/mol. The van der Waals surface area contributed by atoms with Crippen molar-refractivity contribution in [3.63, 3.8) is 0 Å². The summed E-state index contributed by atoms with van der Waals surface area (Å²) >= 11 is 0. The van der Waals surface area contributed by atoms with E-state index in [9.17, 15) is 4.79 Å². The molecule has 6 nitrogen and oxygen atoms in total. The van der Waals surface area contributed by atoms with Crippen LogP contribution >= 0.6 is 0 Å². The van der Waals surface area contributed by atoms with Crippen molar-refractivity contribution in [1.29, 1.82) is 0 Å². The molecule has 2 N–H and O–H groups in total. The number of methoxy groups -OCH3 is 1. The molecular formula is C21H28N2O4. The van der Waals surface area contributed by atoms with Gasteiger partial charge in [0, 0.05) is 18.3 Å². The third-order valence-corrected chi connectivity index (χ3v) is 3.75. The van der Waals surface area contributed by atoms with Crippen LogP contribution in [0, 0.1) is 0 Å². The molecule has 0 radical (unpaired) electrons. The summed E-state index contributed by atoms with van der Waals surface area (Å²) in [7, 11) is 1.59. The van der Waals surface area contributed by atoms with E-state index in [1.807, 2.05) is 37.3 Å². The number of nitrogens with one attached hydrogen (secondary N) is 2. The van der Waals surface area contributed by atoms with Crippen LogP contribution in [0.4, 0.5) is 5.69 Å². The van der Waals surface area contributed by atoms with Crippen LogP contribution in [0.1, 0.15) is 26.3 Å². The van der Waals surface area contributed by atoms with Gasteiger partial charge in [-0.15, -0.1) is 0 Å². The predicted octanol–water partition coefficient (Wildman–Crippen LogP) is 3.61. The maximum Gasteiger partial charge on any atom is 0.262 e. The smallest absolute Gasteiger partial charge is 0.262 e. The maximum absolute atomic E-state index is 12.1. The highest BCUT2D eigenvalue weighted by Gasteiger charge is 2.09. The maximum atomic E-state index is 12.1. The third-order valence-electron chi connectivity index (χ3n) is 3.75. The summed E-state index contributed by atoms with van der Waals surface area (Å²) in [6, 6.07) is 13.3. The third kappa shape index (κ3) is 6.83. The van der Waals surface area contributed by atoms with Gasteiger partial charge in [0.2, 0.25) is 0 Å². The second-order valence-electron chi connectivity index (χ2n) is 6.32. The van der Waals surface area contributed by atoms with Gasteiger partial charge in [-0.05, 0) is 48.9 Å². The first-order valence-electron chi connectivity index (χ1n) is 9.07. The zero-order valence-corrected chi connectivity index (χ0v) is 16.4. The number of carbonyl (C=O) groups excluding carboxylic acids is 1. The minimum atomic E-state index is -0.244. The molecule has 2 aromatic carbocycles. The van der Waals surface area contributed by atoms with Crippen molar-refractivity contribution in [2.45, 2.75) is 33.4 Å². The molecule has 0 aliphatic heterocycles. The van der Waals surface area contributed by atoms with E-state index in [1.165, 1.54) is 0 Å². The normalized spacial score (nSPS) is 10.6. The van der Waals surface area contributed by atoms with Gasteiger partial charge >= 0.3 is 0 Å². The molecule has 2 rings (SSSR count). The standard InChI is InChI=1S/C21H28N2O4/c1-5-26-18-9-7-17(8-10-18)23-21(24)14-27-19-11-6-16(12-20(19)25-4)13-22-15(2)3/h6-12,15,22H,5,13-14H2,1-4H3,(H,23,24). The minimum absolute atomic E-state index is 0.104. The summed E-state index contributed by atoms with van der Waals surface area (Å²) in [5, 5.41) is 6.15. The van der Waals surface area contributed by atoms with Crippen molar-refractivity contribution in [2.24, 2.45) is 0 Å². The van der Waals surface area contributed by atoms with Gasteiger partial charge in [0.25, 0.3) is 5.91 Å². The summed E-state index contributed by atoms with van der Waals surface area (Å²) in [6.07, 6.45) is 0. The largest absolute Gasteiger partial charge is 0.494 e. The van der Waals surface area contributed by atoms with Crippen LogP contribution in [-0.4, -0.2) is 32.3 Å². The van der Waals surface area contributed by atoms with Gasteiger partial charge < -0.3 is 24.8 Å². The topological polar surface area (TPSA) is 68.8 Å². The van der Waals surface area contributed by atoms with Crippen molar-refractivity contribution in [2.75, 3.05) is 25.6 Å². The molecule has 0 heterocycles. The van der Waals surface area contributed by atoms with Crippen molar-refractivity contribution >= 4 is 11.6 Å². The summed E-state index contributed by atoms with van der Waals surface area (Å²) < 4.78 is 16.4. The monoisotopic (exact) mass is 372 g/mol. The molecule has 2 aromatic rings. The Morgan fingerprint density at radius 3 is 2.41 bits per heavy atom. The van der Waals surface area contributed by atoms with Gasteiger partial charge in [-0.2, -0.15) is 0 Å². The summed E-state index contributed by atoms with van der Waals surface area (Å²) in [6.45, 7) is 7.36. The molecule has 146 valence electrons. The number of benzene rings is 2. The molecule has 0 aliphatic rings. The Bertz CT molecular complexity index is 729. The SMILES string of the molecule is CCOc1ccc(NC(=O)COc2ccc(CNC(C)C)cc2OC)cc1. The van der Waals surface area contributed by atoms with E-state index >= 15 is 0 Å². The fourth-order valence-electron chi connectivity index (χ4n) is 2.40. The lowest BCUT2D eigenvalue weighted by molar-refractivity contribution is -0.118. The lowest BCUT2D eigenvalue weighted by atomic mass is 10.2. The summed E-state index contributed by atoms with van der Waals surface area (Å²) in [5.41, 5.74) is 1.78. The van der Waals surface area contributed by atoms with Gasteiger partial charge in [-0.3, -0.25) is 4.79 Å². The van der Waals surface area contributed by atoms with Gasteiger partial charge in [0.1, 0.15) is 5.75 Å². The fraction of sp³-hybridized carbons (Fsp3) is 0.381. The second-order valence-corrected chi connectivity index (χ2v) is 6.32. The second kappa shape index (κ2) is 10.4. The van der Waals surface area contributed by atoms with Crippen LogP contribution in [-0.2, 0) is 11.3 Å². The first-order valence-corrected chi connectivity index (χ1v) is 9.07.